The number of carbonyl (C=O) groups excluding carboxylic acids is 3. The number of aromatic nitrogens is 1. The molecule has 3 aromatic rings. The van der Waals surface area contributed by atoms with E-state index in [2.05, 4.69) is 5.16 Å². The van der Waals surface area contributed by atoms with Crippen LogP contribution in [0.1, 0.15) is 33.3 Å². The van der Waals surface area contributed by atoms with Crippen molar-refractivity contribution in [1.29, 1.82) is 0 Å². The summed E-state index contributed by atoms with van der Waals surface area (Å²) in [5.41, 5.74) is 1.00. The number of hydrogen-bond donors (Lipinski definition) is 1. The van der Waals surface area contributed by atoms with Gasteiger partial charge < -0.3 is 19.1 Å². The van der Waals surface area contributed by atoms with Crippen molar-refractivity contribution in [3.05, 3.63) is 82.6 Å². The van der Waals surface area contributed by atoms with Gasteiger partial charge in [0.15, 0.2) is 5.82 Å². The molecule has 0 aliphatic carbocycles. The lowest BCUT2D eigenvalue weighted by Crippen LogP contribution is -2.29. The van der Waals surface area contributed by atoms with Crippen LogP contribution in [0.5, 0.6) is 5.75 Å². The highest BCUT2D eigenvalue weighted by atomic mass is 16.5. The molecule has 1 atom stereocenters. The van der Waals surface area contributed by atoms with E-state index in [9.17, 15) is 19.5 Å². The normalized spacial score (nSPS) is 17.3. The van der Waals surface area contributed by atoms with E-state index in [1.165, 1.54) is 37.3 Å². The summed E-state index contributed by atoms with van der Waals surface area (Å²) in [6, 6.07) is 13.2. The van der Waals surface area contributed by atoms with Gasteiger partial charge in [0.1, 0.15) is 17.3 Å². The summed E-state index contributed by atoms with van der Waals surface area (Å²) in [6.07, 6.45) is 0. The van der Waals surface area contributed by atoms with Crippen LogP contribution in [-0.2, 0) is 14.3 Å². The standard InChI is InChI=1S/C24H20N2O7/c1-13-12-18(25-33-13)26-20(14-4-6-16(7-5-14)24(30)32-3)19(22(28)23(26)29)21(27)15-8-10-17(31-2)11-9-15/h4-12,20,27H,1-3H3/t20-/m0/s1. The quantitative estimate of drug-likeness (QED) is 0.273. The van der Waals surface area contributed by atoms with Crippen molar-refractivity contribution in [2.45, 2.75) is 13.0 Å². The van der Waals surface area contributed by atoms with Gasteiger partial charge >= 0.3 is 11.9 Å². The number of ketones is 1. The van der Waals surface area contributed by atoms with Gasteiger partial charge in [0.2, 0.25) is 0 Å². The second kappa shape index (κ2) is 8.62. The van der Waals surface area contributed by atoms with Crippen molar-refractivity contribution in [2.75, 3.05) is 19.1 Å². The predicted molar refractivity (Wildman–Crippen MR) is 117 cm³/mol. The molecular formula is C24H20N2O7. The first kappa shape index (κ1) is 21.8. The largest absolute Gasteiger partial charge is 0.507 e. The van der Waals surface area contributed by atoms with E-state index in [0.717, 1.165) is 0 Å². The molecule has 1 fully saturated rings. The van der Waals surface area contributed by atoms with Crippen LogP contribution in [0.15, 0.2) is 64.7 Å². The molecule has 9 heteroatoms. The summed E-state index contributed by atoms with van der Waals surface area (Å²) >= 11 is 0. The highest BCUT2D eigenvalue weighted by Gasteiger charge is 2.48. The van der Waals surface area contributed by atoms with Crippen molar-refractivity contribution >= 4 is 29.2 Å². The van der Waals surface area contributed by atoms with Gasteiger partial charge in [-0.1, -0.05) is 17.3 Å². The lowest BCUT2D eigenvalue weighted by atomic mass is 9.94. The van der Waals surface area contributed by atoms with Crippen LogP contribution >= 0.6 is 0 Å². The number of nitrogens with zero attached hydrogens (tertiary/aromatic N) is 2. The molecule has 9 nitrogen and oxygen atoms in total. The van der Waals surface area contributed by atoms with Gasteiger partial charge in [0.05, 0.1) is 31.4 Å². The number of amides is 1. The van der Waals surface area contributed by atoms with Crippen LogP contribution in [0, 0.1) is 6.92 Å². The second-order valence-electron chi connectivity index (χ2n) is 7.31. The second-order valence-corrected chi connectivity index (χ2v) is 7.31. The van der Waals surface area contributed by atoms with E-state index in [0.29, 0.717) is 28.2 Å². The Labute approximate surface area is 188 Å². The first-order valence-electron chi connectivity index (χ1n) is 9.92. The smallest absolute Gasteiger partial charge is 0.337 e. The van der Waals surface area contributed by atoms with Gasteiger partial charge in [0.25, 0.3) is 5.78 Å². The number of aliphatic hydroxyl groups is 1. The summed E-state index contributed by atoms with van der Waals surface area (Å²) in [4.78, 5) is 39.1. The zero-order chi connectivity index (χ0) is 23.7. The van der Waals surface area contributed by atoms with Crippen molar-refractivity contribution in [2.24, 2.45) is 0 Å². The maximum absolute atomic E-state index is 13.1. The Morgan fingerprint density at radius 1 is 1.03 bits per heavy atom. The fraction of sp³-hybridized carbons (Fsp3) is 0.167. The molecule has 0 unspecified atom stereocenters. The molecule has 1 aliphatic rings. The third kappa shape index (κ3) is 3.84. The minimum atomic E-state index is -0.997. The monoisotopic (exact) mass is 448 g/mol. The number of aliphatic hydroxyl groups excluding tert-OH is 1. The van der Waals surface area contributed by atoms with Gasteiger partial charge in [-0.05, 0) is 48.9 Å². The zero-order valence-electron chi connectivity index (χ0n) is 18.1. The maximum atomic E-state index is 13.1. The molecule has 1 N–H and O–H groups in total. The van der Waals surface area contributed by atoms with Gasteiger partial charge in [-0.3, -0.25) is 14.5 Å². The topological polar surface area (TPSA) is 119 Å². The Hall–Kier alpha value is -4.40. The molecule has 0 saturated carbocycles. The number of benzene rings is 2. The number of carbonyl (C=O) groups is 3. The summed E-state index contributed by atoms with van der Waals surface area (Å²) in [5, 5.41) is 15.0. The lowest BCUT2D eigenvalue weighted by Gasteiger charge is -2.23. The predicted octanol–water partition coefficient (Wildman–Crippen LogP) is 3.40. The lowest BCUT2D eigenvalue weighted by molar-refractivity contribution is -0.132. The van der Waals surface area contributed by atoms with Crippen LogP contribution in [0.25, 0.3) is 5.76 Å². The molecule has 0 bridgehead atoms. The van der Waals surface area contributed by atoms with Crippen LogP contribution in [0.4, 0.5) is 5.82 Å². The Kier molecular flexibility index (Phi) is 5.70. The van der Waals surface area contributed by atoms with Gasteiger partial charge in [-0.25, -0.2) is 4.79 Å². The van der Waals surface area contributed by atoms with Crippen LogP contribution in [0.3, 0.4) is 0 Å². The fourth-order valence-corrected chi connectivity index (χ4v) is 3.67. The highest BCUT2D eigenvalue weighted by Crippen LogP contribution is 2.42. The SMILES string of the molecule is COC(=O)c1ccc([C@H]2C(=C(O)c3ccc(OC)cc3)C(=O)C(=O)N2c2cc(C)on2)cc1. The summed E-state index contributed by atoms with van der Waals surface area (Å²) in [5.74, 6) is -1.46. The number of rotatable bonds is 5. The first-order chi connectivity index (χ1) is 15.8. The minimum absolute atomic E-state index is 0.114. The molecule has 1 saturated heterocycles. The van der Waals surface area contributed by atoms with Crippen molar-refractivity contribution < 1.29 is 33.5 Å². The number of Topliss-reactive ketones (excluding diaryl/α,β-unsaturated/α-hetero) is 1. The Morgan fingerprint density at radius 2 is 1.67 bits per heavy atom. The Balaban J connectivity index is 1.88. The van der Waals surface area contributed by atoms with Gasteiger partial charge in [-0.15, -0.1) is 0 Å². The molecule has 1 aromatic heterocycles. The Bertz CT molecular complexity index is 1260. The van der Waals surface area contributed by atoms with Crippen molar-refractivity contribution in [3.63, 3.8) is 0 Å². The van der Waals surface area contributed by atoms with Crippen LogP contribution < -0.4 is 9.64 Å². The third-order valence-corrected chi connectivity index (χ3v) is 5.32. The molecule has 4 rings (SSSR count). The summed E-state index contributed by atoms with van der Waals surface area (Å²) in [6.45, 7) is 1.66. The fourth-order valence-electron chi connectivity index (χ4n) is 3.67. The number of methoxy groups -OCH3 is 2. The molecule has 168 valence electrons. The number of anilines is 1. The van der Waals surface area contributed by atoms with Crippen molar-refractivity contribution in [1.82, 2.24) is 5.16 Å². The van der Waals surface area contributed by atoms with E-state index in [4.69, 9.17) is 14.0 Å². The average molecular weight is 448 g/mol. The number of ether oxygens (including phenoxy) is 2. The van der Waals surface area contributed by atoms with E-state index < -0.39 is 23.7 Å². The molecule has 2 heterocycles. The van der Waals surface area contributed by atoms with Gasteiger partial charge in [0, 0.05) is 11.6 Å². The molecular weight excluding hydrogens is 428 g/mol. The molecule has 1 amide bonds. The van der Waals surface area contributed by atoms with Crippen LogP contribution in [-0.4, -0.2) is 42.1 Å². The van der Waals surface area contributed by atoms with Crippen molar-refractivity contribution in [3.8, 4) is 5.75 Å². The molecule has 0 radical (unpaired) electrons. The van der Waals surface area contributed by atoms with Crippen LogP contribution in [0.2, 0.25) is 0 Å². The third-order valence-electron chi connectivity index (χ3n) is 5.32. The van der Waals surface area contributed by atoms with Gasteiger partial charge in [-0.2, -0.15) is 0 Å². The first-order valence-corrected chi connectivity index (χ1v) is 9.92. The Morgan fingerprint density at radius 3 is 2.21 bits per heavy atom. The molecule has 33 heavy (non-hydrogen) atoms. The number of esters is 1. The van der Waals surface area contributed by atoms with E-state index in [1.807, 2.05) is 0 Å². The minimum Gasteiger partial charge on any atom is -0.507 e. The number of hydrogen-bond acceptors (Lipinski definition) is 8. The maximum Gasteiger partial charge on any atom is 0.337 e. The highest BCUT2D eigenvalue weighted by molar-refractivity contribution is 6.51. The number of aryl methyl sites for hydroxylation is 1. The molecule has 0 spiro atoms. The summed E-state index contributed by atoms with van der Waals surface area (Å²) < 4.78 is 15.0. The zero-order valence-corrected chi connectivity index (χ0v) is 18.1. The molecule has 2 aromatic carbocycles. The van der Waals surface area contributed by atoms with E-state index in [-0.39, 0.29) is 17.2 Å². The molecule has 1 aliphatic heterocycles. The summed E-state index contributed by atoms with van der Waals surface area (Å²) in [7, 11) is 2.78. The average Bonchev–Trinajstić information content (AvgIpc) is 3.38. The van der Waals surface area contributed by atoms with E-state index in [1.54, 1.807) is 43.3 Å². The van der Waals surface area contributed by atoms with E-state index >= 15 is 0 Å².